The van der Waals surface area contributed by atoms with Gasteiger partial charge in [-0.05, 0) is 37.1 Å². The van der Waals surface area contributed by atoms with Gasteiger partial charge in [0.25, 0.3) is 5.91 Å². The molecule has 0 saturated carbocycles. The van der Waals surface area contributed by atoms with Crippen molar-refractivity contribution >= 4 is 17.5 Å². The van der Waals surface area contributed by atoms with E-state index in [-0.39, 0.29) is 5.91 Å². The number of rotatable bonds is 2. The Balaban J connectivity index is 2.48. The molecule has 1 heterocycles. The normalized spacial score (nSPS) is 10.4. The highest BCUT2D eigenvalue weighted by Gasteiger charge is 2.15. The number of nitrogens with zero attached hydrogens (tertiary/aromatic N) is 2. The molecule has 2 aromatic rings. The van der Waals surface area contributed by atoms with Gasteiger partial charge in [0.05, 0.1) is 17.4 Å². The minimum absolute atomic E-state index is 0.241. The standard InChI is InChI=1S/C13H14ClN3O/c1-8-4-5-10(6-9(8)2)17-12(14)11(7-16-17)13(18)15-3/h4-7H,1-3H3,(H,15,18). The SMILES string of the molecule is CNC(=O)c1cnn(-c2ccc(C)c(C)c2)c1Cl. The van der Waals surface area contributed by atoms with Crippen molar-refractivity contribution in [3.63, 3.8) is 0 Å². The molecule has 94 valence electrons. The number of carbonyl (C=O) groups excluding carboxylic acids is 1. The molecule has 0 saturated heterocycles. The van der Waals surface area contributed by atoms with Crippen LogP contribution in [0.2, 0.25) is 5.15 Å². The van der Waals surface area contributed by atoms with Crippen molar-refractivity contribution in [1.29, 1.82) is 0 Å². The van der Waals surface area contributed by atoms with Crippen LogP contribution in [-0.2, 0) is 0 Å². The average Bonchev–Trinajstić information content (AvgIpc) is 2.74. The fourth-order valence-corrected chi connectivity index (χ4v) is 1.93. The Morgan fingerprint density at radius 2 is 2.06 bits per heavy atom. The molecule has 1 aromatic heterocycles. The first kappa shape index (κ1) is 12.6. The van der Waals surface area contributed by atoms with E-state index in [0.29, 0.717) is 10.7 Å². The van der Waals surface area contributed by atoms with Gasteiger partial charge in [0.15, 0.2) is 0 Å². The Labute approximate surface area is 111 Å². The van der Waals surface area contributed by atoms with E-state index in [1.54, 1.807) is 11.7 Å². The number of benzene rings is 1. The number of aromatic nitrogens is 2. The third-order valence-corrected chi connectivity index (χ3v) is 3.28. The second-order valence-corrected chi connectivity index (χ2v) is 4.47. The minimum Gasteiger partial charge on any atom is -0.355 e. The number of halogens is 1. The third kappa shape index (κ3) is 2.11. The first-order valence-corrected chi connectivity index (χ1v) is 5.95. The van der Waals surface area contributed by atoms with Crippen molar-refractivity contribution in [1.82, 2.24) is 15.1 Å². The van der Waals surface area contributed by atoms with Gasteiger partial charge in [0.1, 0.15) is 5.15 Å². The topological polar surface area (TPSA) is 46.9 Å². The summed E-state index contributed by atoms with van der Waals surface area (Å²) in [6, 6.07) is 5.92. The van der Waals surface area contributed by atoms with Gasteiger partial charge >= 0.3 is 0 Å². The summed E-state index contributed by atoms with van der Waals surface area (Å²) in [6.07, 6.45) is 1.47. The zero-order chi connectivity index (χ0) is 13.3. The summed E-state index contributed by atoms with van der Waals surface area (Å²) in [5, 5.41) is 7.00. The van der Waals surface area contributed by atoms with Crippen LogP contribution in [0.25, 0.3) is 5.69 Å². The smallest absolute Gasteiger partial charge is 0.255 e. The van der Waals surface area contributed by atoms with E-state index in [1.165, 1.54) is 11.8 Å². The fourth-order valence-electron chi connectivity index (χ4n) is 1.66. The quantitative estimate of drug-likeness (QED) is 0.905. The number of nitrogens with one attached hydrogen (secondary N) is 1. The number of carbonyl (C=O) groups is 1. The van der Waals surface area contributed by atoms with Gasteiger partial charge in [-0.3, -0.25) is 4.79 Å². The van der Waals surface area contributed by atoms with Gasteiger partial charge in [0.2, 0.25) is 0 Å². The first-order chi connectivity index (χ1) is 8.54. The van der Waals surface area contributed by atoms with Crippen LogP contribution < -0.4 is 5.32 Å². The number of hydrogen-bond acceptors (Lipinski definition) is 2. The van der Waals surface area contributed by atoms with Gasteiger partial charge in [0, 0.05) is 7.05 Å². The van der Waals surface area contributed by atoms with Crippen LogP contribution in [0.1, 0.15) is 21.5 Å². The lowest BCUT2D eigenvalue weighted by Crippen LogP contribution is -2.17. The highest BCUT2D eigenvalue weighted by Crippen LogP contribution is 2.21. The van der Waals surface area contributed by atoms with Crippen LogP contribution in [0, 0.1) is 13.8 Å². The van der Waals surface area contributed by atoms with E-state index in [1.807, 2.05) is 32.0 Å². The van der Waals surface area contributed by atoms with Crippen LogP contribution in [0.4, 0.5) is 0 Å². The van der Waals surface area contributed by atoms with Crippen molar-refractivity contribution in [3.05, 3.63) is 46.2 Å². The predicted octanol–water partition coefficient (Wildman–Crippen LogP) is 2.50. The number of hydrogen-bond donors (Lipinski definition) is 1. The molecule has 2 rings (SSSR count). The lowest BCUT2D eigenvalue weighted by atomic mass is 10.1. The molecule has 0 unspecified atom stereocenters. The second kappa shape index (κ2) is 4.82. The molecule has 5 heteroatoms. The van der Waals surface area contributed by atoms with Crippen LogP contribution in [0.15, 0.2) is 24.4 Å². The molecular formula is C13H14ClN3O. The average molecular weight is 264 g/mol. The molecule has 4 nitrogen and oxygen atoms in total. The molecule has 0 aliphatic rings. The maximum atomic E-state index is 11.6. The Bertz CT molecular complexity index is 604. The van der Waals surface area contributed by atoms with Gasteiger partial charge in [-0.1, -0.05) is 17.7 Å². The largest absolute Gasteiger partial charge is 0.355 e. The van der Waals surface area contributed by atoms with E-state index < -0.39 is 0 Å². The summed E-state index contributed by atoms with van der Waals surface area (Å²) < 4.78 is 1.55. The predicted molar refractivity (Wildman–Crippen MR) is 71.4 cm³/mol. The third-order valence-electron chi connectivity index (χ3n) is 2.92. The number of amides is 1. The maximum Gasteiger partial charge on any atom is 0.255 e. The van der Waals surface area contributed by atoms with Crippen LogP contribution >= 0.6 is 11.6 Å². The summed E-state index contributed by atoms with van der Waals surface area (Å²) in [5.74, 6) is -0.241. The van der Waals surface area contributed by atoms with Crippen LogP contribution in [0.5, 0.6) is 0 Å². The Kier molecular flexibility index (Phi) is 3.39. The second-order valence-electron chi connectivity index (χ2n) is 4.11. The fraction of sp³-hybridized carbons (Fsp3) is 0.231. The van der Waals surface area contributed by atoms with Crippen LogP contribution in [0.3, 0.4) is 0 Å². The van der Waals surface area contributed by atoms with E-state index in [0.717, 1.165) is 11.3 Å². The molecule has 0 radical (unpaired) electrons. The molecule has 0 fully saturated rings. The molecule has 0 spiro atoms. The summed E-state index contributed by atoms with van der Waals surface area (Å²) in [6.45, 7) is 4.07. The monoisotopic (exact) mass is 263 g/mol. The molecule has 1 N–H and O–H groups in total. The van der Waals surface area contributed by atoms with Crippen molar-refractivity contribution in [2.24, 2.45) is 0 Å². The van der Waals surface area contributed by atoms with E-state index in [4.69, 9.17) is 11.6 Å². The maximum absolute atomic E-state index is 11.6. The summed E-state index contributed by atoms with van der Waals surface area (Å²) >= 11 is 6.16. The van der Waals surface area contributed by atoms with E-state index >= 15 is 0 Å². The highest BCUT2D eigenvalue weighted by atomic mass is 35.5. The number of aryl methyl sites for hydroxylation is 2. The molecule has 0 bridgehead atoms. The molecule has 0 atom stereocenters. The lowest BCUT2D eigenvalue weighted by molar-refractivity contribution is 0.0963. The molecule has 1 aromatic carbocycles. The van der Waals surface area contributed by atoms with Crippen molar-refractivity contribution < 1.29 is 4.79 Å². The van der Waals surface area contributed by atoms with Gasteiger partial charge in [-0.25, -0.2) is 4.68 Å². The van der Waals surface area contributed by atoms with Gasteiger partial charge in [-0.15, -0.1) is 0 Å². The summed E-state index contributed by atoms with van der Waals surface area (Å²) in [5.41, 5.74) is 3.57. The molecule has 0 aliphatic heterocycles. The van der Waals surface area contributed by atoms with Crippen molar-refractivity contribution in [2.75, 3.05) is 7.05 Å². The Morgan fingerprint density at radius 1 is 1.33 bits per heavy atom. The van der Waals surface area contributed by atoms with Crippen molar-refractivity contribution in [2.45, 2.75) is 13.8 Å². The summed E-state index contributed by atoms with van der Waals surface area (Å²) in [4.78, 5) is 11.6. The molecule has 18 heavy (non-hydrogen) atoms. The molecular weight excluding hydrogens is 250 g/mol. The Hall–Kier alpha value is -1.81. The molecule has 0 aliphatic carbocycles. The lowest BCUT2D eigenvalue weighted by Gasteiger charge is -2.06. The van der Waals surface area contributed by atoms with Crippen LogP contribution in [-0.4, -0.2) is 22.7 Å². The zero-order valence-electron chi connectivity index (χ0n) is 10.5. The minimum atomic E-state index is -0.241. The van der Waals surface area contributed by atoms with Crippen molar-refractivity contribution in [3.8, 4) is 5.69 Å². The summed E-state index contributed by atoms with van der Waals surface area (Å²) in [7, 11) is 1.56. The van der Waals surface area contributed by atoms with Gasteiger partial charge in [-0.2, -0.15) is 5.10 Å². The first-order valence-electron chi connectivity index (χ1n) is 5.58. The van der Waals surface area contributed by atoms with E-state index in [9.17, 15) is 4.79 Å². The van der Waals surface area contributed by atoms with Gasteiger partial charge < -0.3 is 5.32 Å². The molecule has 1 amide bonds. The zero-order valence-corrected chi connectivity index (χ0v) is 11.2. The highest BCUT2D eigenvalue weighted by molar-refractivity contribution is 6.33. The van der Waals surface area contributed by atoms with E-state index in [2.05, 4.69) is 10.4 Å². The Morgan fingerprint density at radius 3 is 2.67 bits per heavy atom.